The Kier molecular flexibility index (Phi) is 7.30. The molecule has 0 spiro atoms. The van der Waals surface area contributed by atoms with Crippen LogP contribution in [0.3, 0.4) is 0 Å². The molecule has 0 radical (unpaired) electrons. The Labute approximate surface area is 183 Å². The van der Waals surface area contributed by atoms with Gasteiger partial charge in [-0.2, -0.15) is 0 Å². The highest BCUT2D eigenvalue weighted by Crippen LogP contribution is 2.37. The van der Waals surface area contributed by atoms with Gasteiger partial charge < -0.3 is 4.79 Å². The van der Waals surface area contributed by atoms with Gasteiger partial charge in [-0.15, -0.1) is 9.24 Å². The molecule has 1 aliphatic carbocycles. The molecule has 0 saturated carbocycles. The summed E-state index contributed by atoms with van der Waals surface area (Å²) >= 11 is 0. The lowest BCUT2D eigenvalue weighted by atomic mass is 9.88. The Morgan fingerprint density at radius 1 is 1.07 bits per heavy atom. The van der Waals surface area contributed by atoms with Crippen LogP contribution in [0.4, 0.5) is 4.39 Å². The van der Waals surface area contributed by atoms with Gasteiger partial charge in [0, 0.05) is 6.42 Å². The van der Waals surface area contributed by atoms with E-state index in [-0.39, 0.29) is 5.78 Å². The molecule has 2 aromatic carbocycles. The maximum Gasteiger partial charge on any atom is 0.130 e. The van der Waals surface area contributed by atoms with E-state index in [1.807, 2.05) is 12.1 Å². The summed E-state index contributed by atoms with van der Waals surface area (Å²) in [6, 6.07) is 12.9. The second kappa shape index (κ2) is 9.56. The molecular weight excluding hydrogens is 390 g/mol. The number of ketones is 1. The van der Waals surface area contributed by atoms with Crippen molar-refractivity contribution in [3.8, 4) is 0 Å². The van der Waals surface area contributed by atoms with E-state index in [4.69, 9.17) is 0 Å². The first-order valence-electron chi connectivity index (χ1n) is 11.0. The van der Waals surface area contributed by atoms with Crippen molar-refractivity contribution in [3.05, 3.63) is 69.8 Å². The van der Waals surface area contributed by atoms with Crippen molar-refractivity contribution in [1.82, 2.24) is 0 Å². The number of Topliss-reactive ketones (excluding diaryl/α,β-unsaturated/α-hetero) is 1. The molecule has 0 N–H and O–H groups in total. The summed E-state index contributed by atoms with van der Waals surface area (Å²) in [6.07, 6.45) is 6.55. The van der Waals surface area contributed by atoms with Gasteiger partial charge in [0.25, 0.3) is 0 Å². The third-order valence-corrected chi connectivity index (χ3v) is 6.86. The molecule has 1 aliphatic rings. The molecule has 30 heavy (non-hydrogen) atoms. The first-order chi connectivity index (χ1) is 14.1. The maximum atomic E-state index is 14.9. The van der Waals surface area contributed by atoms with Gasteiger partial charge in [-0.3, -0.25) is 0 Å². The monoisotopic (exact) mass is 424 g/mol. The van der Waals surface area contributed by atoms with Gasteiger partial charge in [0.1, 0.15) is 11.5 Å². The highest BCUT2D eigenvalue weighted by molar-refractivity contribution is 7.27. The molecule has 1 atom stereocenters. The number of benzene rings is 2. The third-order valence-electron chi connectivity index (χ3n) is 6.24. The lowest BCUT2D eigenvalue weighted by Crippen LogP contribution is -2.14. The normalized spacial score (nSPS) is 14.5. The molecule has 0 amide bonds. The lowest BCUT2D eigenvalue weighted by Gasteiger charge is -2.20. The van der Waals surface area contributed by atoms with E-state index in [2.05, 4.69) is 40.4 Å². The van der Waals surface area contributed by atoms with Crippen LogP contribution in [0, 0.1) is 6.92 Å². The smallest absolute Gasteiger partial charge is 0.130 e. The standard InChI is InChI=1S/C27H34FOP/c1-18-8-12-23(17-26(18)30)24-7-5-6-21(24)14-10-20-11-15-22(13-9-19(2)29)25(16-20)27(3,4)28/h8,11-12,15-17H,5-7,9-10,13-14,30H2,1-4H3. The maximum absolute atomic E-state index is 14.9. The zero-order valence-corrected chi connectivity index (χ0v) is 19.9. The molecule has 1 nitrogen and oxygen atoms in total. The molecule has 2 aromatic rings. The number of hydrogen-bond donors (Lipinski definition) is 0. The van der Waals surface area contributed by atoms with Crippen molar-refractivity contribution in [1.29, 1.82) is 0 Å². The summed E-state index contributed by atoms with van der Waals surface area (Å²) in [5, 5.41) is 1.27. The summed E-state index contributed by atoms with van der Waals surface area (Å²) in [4.78, 5) is 11.4. The number of carbonyl (C=O) groups excluding carboxylic acids is 1. The zero-order valence-electron chi connectivity index (χ0n) is 18.8. The molecule has 3 rings (SSSR count). The van der Waals surface area contributed by atoms with Crippen LogP contribution in [-0.2, 0) is 23.3 Å². The van der Waals surface area contributed by atoms with Crippen LogP contribution in [-0.4, -0.2) is 5.78 Å². The van der Waals surface area contributed by atoms with E-state index in [1.165, 1.54) is 34.0 Å². The van der Waals surface area contributed by atoms with E-state index < -0.39 is 5.67 Å². The summed E-state index contributed by atoms with van der Waals surface area (Å²) in [5.74, 6) is 0.145. The van der Waals surface area contributed by atoms with E-state index >= 15 is 0 Å². The van der Waals surface area contributed by atoms with Gasteiger partial charge in [-0.25, -0.2) is 4.39 Å². The van der Waals surface area contributed by atoms with Gasteiger partial charge in [0.05, 0.1) is 0 Å². The van der Waals surface area contributed by atoms with Crippen LogP contribution in [0.25, 0.3) is 5.57 Å². The number of rotatable bonds is 8. The summed E-state index contributed by atoms with van der Waals surface area (Å²) in [5.41, 5.74) is 7.16. The Hall–Kier alpha value is -1.79. The highest BCUT2D eigenvalue weighted by atomic mass is 31.0. The zero-order chi connectivity index (χ0) is 21.9. The largest absolute Gasteiger partial charge is 0.300 e. The molecule has 0 saturated heterocycles. The second-order valence-corrected chi connectivity index (χ2v) is 9.80. The minimum absolute atomic E-state index is 0.145. The van der Waals surface area contributed by atoms with Crippen LogP contribution in [0.15, 0.2) is 42.0 Å². The molecule has 0 heterocycles. The predicted octanol–water partition coefficient (Wildman–Crippen LogP) is 6.79. The number of hydrogen-bond acceptors (Lipinski definition) is 1. The average molecular weight is 425 g/mol. The number of alkyl halides is 1. The Morgan fingerprint density at radius 3 is 2.50 bits per heavy atom. The minimum Gasteiger partial charge on any atom is -0.300 e. The van der Waals surface area contributed by atoms with Crippen molar-refractivity contribution in [3.63, 3.8) is 0 Å². The Morgan fingerprint density at radius 2 is 1.83 bits per heavy atom. The van der Waals surface area contributed by atoms with Crippen LogP contribution in [0.1, 0.15) is 80.7 Å². The van der Waals surface area contributed by atoms with E-state index in [0.29, 0.717) is 12.8 Å². The molecule has 0 fully saturated rings. The van der Waals surface area contributed by atoms with Gasteiger partial charge in [-0.1, -0.05) is 35.9 Å². The molecule has 3 heteroatoms. The van der Waals surface area contributed by atoms with Gasteiger partial charge in [0.2, 0.25) is 0 Å². The Bertz CT molecular complexity index is 965. The van der Waals surface area contributed by atoms with Crippen molar-refractivity contribution in [2.75, 3.05) is 0 Å². The van der Waals surface area contributed by atoms with Crippen molar-refractivity contribution in [2.45, 2.75) is 78.3 Å². The quantitative estimate of drug-likeness (QED) is 0.426. The van der Waals surface area contributed by atoms with Crippen molar-refractivity contribution in [2.24, 2.45) is 0 Å². The van der Waals surface area contributed by atoms with E-state index in [0.717, 1.165) is 36.8 Å². The molecule has 0 aliphatic heterocycles. The van der Waals surface area contributed by atoms with Crippen molar-refractivity contribution >= 4 is 25.9 Å². The second-order valence-electron chi connectivity index (χ2n) is 9.17. The highest BCUT2D eigenvalue weighted by Gasteiger charge is 2.23. The fourth-order valence-electron chi connectivity index (χ4n) is 4.42. The summed E-state index contributed by atoms with van der Waals surface area (Å²) in [6.45, 7) is 6.95. The van der Waals surface area contributed by atoms with Gasteiger partial charge in [-0.05, 0) is 111 Å². The van der Waals surface area contributed by atoms with Crippen LogP contribution >= 0.6 is 9.24 Å². The van der Waals surface area contributed by atoms with Crippen molar-refractivity contribution < 1.29 is 9.18 Å². The summed E-state index contributed by atoms with van der Waals surface area (Å²) < 4.78 is 14.9. The first-order valence-corrected chi connectivity index (χ1v) is 11.6. The SMILES string of the molecule is CC(=O)CCc1ccc(CCC2=C(c3ccc(C)c(P)c3)CCC2)cc1C(C)(C)F. The molecular formula is C27H34FOP. The number of carbonyl (C=O) groups is 1. The van der Waals surface area contributed by atoms with Crippen LogP contribution in [0.5, 0.6) is 0 Å². The number of allylic oxidation sites excluding steroid dienone is 2. The lowest BCUT2D eigenvalue weighted by molar-refractivity contribution is -0.116. The fraction of sp³-hybridized carbons (Fsp3) is 0.444. The van der Waals surface area contributed by atoms with Gasteiger partial charge >= 0.3 is 0 Å². The minimum atomic E-state index is -1.41. The van der Waals surface area contributed by atoms with Crippen LogP contribution < -0.4 is 5.30 Å². The predicted molar refractivity (Wildman–Crippen MR) is 129 cm³/mol. The Balaban J connectivity index is 1.80. The summed E-state index contributed by atoms with van der Waals surface area (Å²) in [7, 11) is 2.84. The third kappa shape index (κ3) is 5.67. The van der Waals surface area contributed by atoms with E-state index in [9.17, 15) is 9.18 Å². The number of halogens is 1. The molecule has 160 valence electrons. The van der Waals surface area contributed by atoms with E-state index in [1.54, 1.807) is 26.3 Å². The number of aryl methyl sites for hydroxylation is 3. The van der Waals surface area contributed by atoms with Gasteiger partial charge in [0.15, 0.2) is 0 Å². The molecule has 1 unspecified atom stereocenters. The molecule has 0 aromatic heterocycles. The average Bonchev–Trinajstić information content (AvgIpc) is 3.15. The first kappa shape index (κ1) is 22.9. The topological polar surface area (TPSA) is 17.1 Å². The van der Waals surface area contributed by atoms with Crippen LogP contribution in [0.2, 0.25) is 0 Å². The fourth-order valence-corrected chi connectivity index (χ4v) is 4.69. The molecule has 0 bridgehead atoms.